The van der Waals surface area contributed by atoms with E-state index in [4.69, 9.17) is 4.74 Å². The molecule has 6 heteroatoms. The van der Waals surface area contributed by atoms with E-state index < -0.39 is 5.91 Å². The standard InChI is InChI=1S/C26H21N3O3/c1-32-24-14-11-20(16-23(24)26(31)29-22-8-5-15-27-17-22)25(30)28-21-12-9-19(10-13-21)18-6-3-2-4-7-18/h2-17H,1H3,(H,28,30)(H,29,31). The van der Waals surface area contributed by atoms with Gasteiger partial charge in [0.1, 0.15) is 5.75 Å². The Morgan fingerprint density at radius 2 is 1.47 bits per heavy atom. The molecule has 158 valence electrons. The minimum absolute atomic E-state index is 0.253. The number of methoxy groups -OCH3 is 1. The van der Waals surface area contributed by atoms with Gasteiger partial charge >= 0.3 is 0 Å². The third-order valence-corrected chi connectivity index (χ3v) is 4.88. The average Bonchev–Trinajstić information content (AvgIpc) is 2.85. The Bertz CT molecular complexity index is 1220. The third kappa shape index (κ3) is 4.82. The first kappa shape index (κ1) is 20.8. The number of hydrogen-bond acceptors (Lipinski definition) is 4. The molecule has 4 rings (SSSR count). The van der Waals surface area contributed by atoms with E-state index in [0.29, 0.717) is 22.7 Å². The Labute approximate surface area is 185 Å². The number of anilines is 2. The second kappa shape index (κ2) is 9.57. The van der Waals surface area contributed by atoms with Crippen LogP contribution in [0.4, 0.5) is 11.4 Å². The molecular weight excluding hydrogens is 402 g/mol. The number of ether oxygens (including phenoxy) is 1. The minimum Gasteiger partial charge on any atom is -0.496 e. The largest absolute Gasteiger partial charge is 0.496 e. The van der Waals surface area contributed by atoms with Gasteiger partial charge in [0.2, 0.25) is 0 Å². The molecule has 2 amide bonds. The maximum atomic E-state index is 12.8. The highest BCUT2D eigenvalue weighted by Gasteiger charge is 2.16. The Hall–Kier alpha value is -4.45. The Morgan fingerprint density at radius 1 is 0.750 bits per heavy atom. The zero-order valence-corrected chi connectivity index (χ0v) is 17.4. The van der Waals surface area contributed by atoms with Crippen LogP contribution in [0.25, 0.3) is 11.1 Å². The number of hydrogen-bond donors (Lipinski definition) is 2. The Morgan fingerprint density at radius 3 is 2.16 bits per heavy atom. The number of aromatic nitrogens is 1. The molecule has 0 saturated carbocycles. The van der Waals surface area contributed by atoms with E-state index in [-0.39, 0.29) is 11.5 Å². The van der Waals surface area contributed by atoms with Gasteiger partial charge in [0.05, 0.1) is 24.6 Å². The zero-order valence-electron chi connectivity index (χ0n) is 17.4. The lowest BCUT2D eigenvalue weighted by Crippen LogP contribution is -2.16. The maximum absolute atomic E-state index is 12.8. The van der Waals surface area contributed by atoms with Crippen molar-refractivity contribution < 1.29 is 14.3 Å². The van der Waals surface area contributed by atoms with Gasteiger partial charge in [0, 0.05) is 17.4 Å². The smallest absolute Gasteiger partial charge is 0.259 e. The molecule has 0 radical (unpaired) electrons. The molecular formula is C26H21N3O3. The first-order valence-corrected chi connectivity index (χ1v) is 10.0. The summed E-state index contributed by atoms with van der Waals surface area (Å²) in [5.41, 5.74) is 3.96. The van der Waals surface area contributed by atoms with E-state index in [2.05, 4.69) is 15.6 Å². The summed E-state index contributed by atoms with van der Waals surface area (Å²) in [7, 11) is 1.48. The molecule has 0 spiro atoms. The second-order valence-electron chi connectivity index (χ2n) is 7.01. The lowest BCUT2D eigenvalue weighted by molar-refractivity contribution is 0.102. The second-order valence-corrected chi connectivity index (χ2v) is 7.01. The monoisotopic (exact) mass is 423 g/mol. The molecule has 0 aliphatic heterocycles. The van der Waals surface area contributed by atoms with Gasteiger partial charge < -0.3 is 15.4 Å². The molecule has 3 aromatic carbocycles. The van der Waals surface area contributed by atoms with Crippen molar-refractivity contribution in [2.75, 3.05) is 17.7 Å². The summed E-state index contributed by atoms with van der Waals surface area (Å²) in [5.74, 6) is -0.345. The van der Waals surface area contributed by atoms with Crippen molar-refractivity contribution in [3.05, 3.63) is 108 Å². The van der Waals surface area contributed by atoms with Gasteiger partial charge in [0.25, 0.3) is 11.8 Å². The molecule has 1 heterocycles. The van der Waals surface area contributed by atoms with E-state index in [1.54, 1.807) is 36.7 Å². The highest BCUT2D eigenvalue weighted by atomic mass is 16.5. The summed E-state index contributed by atoms with van der Waals surface area (Å²) in [6, 6.07) is 25.8. The first-order valence-electron chi connectivity index (χ1n) is 10.0. The summed E-state index contributed by atoms with van der Waals surface area (Å²) in [4.78, 5) is 29.5. The predicted molar refractivity (Wildman–Crippen MR) is 125 cm³/mol. The van der Waals surface area contributed by atoms with Crippen molar-refractivity contribution in [3.8, 4) is 16.9 Å². The number of nitrogens with zero attached hydrogens (tertiary/aromatic N) is 1. The normalized spacial score (nSPS) is 10.3. The zero-order chi connectivity index (χ0) is 22.3. The molecule has 4 aromatic rings. The highest BCUT2D eigenvalue weighted by Crippen LogP contribution is 2.24. The van der Waals surface area contributed by atoms with E-state index in [9.17, 15) is 9.59 Å². The molecule has 0 unspecified atom stereocenters. The number of benzene rings is 3. The molecule has 0 aliphatic rings. The number of pyridine rings is 1. The molecule has 1 aromatic heterocycles. The fraction of sp³-hybridized carbons (Fsp3) is 0.0385. The summed E-state index contributed by atoms with van der Waals surface area (Å²) >= 11 is 0. The minimum atomic E-state index is -0.392. The van der Waals surface area contributed by atoms with Gasteiger partial charge in [-0.25, -0.2) is 0 Å². The summed E-state index contributed by atoms with van der Waals surface area (Å²) in [5, 5.41) is 5.63. The Balaban J connectivity index is 1.51. The SMILES string of the molecule is COc1ccc(C(=O)Nc2ccc(-c3ccccc3)cc2)cc1C(=O)Nc1cccnc1. The van der Waals surface area contributed by atoms with Crippen molar-refractivity contribution in [1.29, 1.82) is 0 Å². The van der Waals surface area contributed by atoms with Gasteiger partial charge in [-0.05, 0) is 53.6 Å². The number of amides is 2. The molecule has 0 atom stereocenters. The van der Waals surface area contributed by atoms with Crippen LogP contribution in [0.2, 0.25) is 0 Å². The number of carbonyl (C=O) groups excluding carboxylic acids is 2. The van der Waals surface area contributed by atoms with Gasteiger partial charge in [-0.2, -0.15) is 0 Å². The van der Waals surface area contributed by atoms with Crippen LogP contribution in [0, 0.1) is 0 Å². The fourth-order valence-corrected chi connectivity index (χ4v) is 3.24. The van der Waals surface area contributed by atoms with Crippen LogP contribution in [-0.2, 0) is 0 Å². The van der Waals surface area contributed by atoms with Gasteiger partial charge in [-0.15, -0.1) is 0 Å². The molecule has 6 nitrogen and oxygen atoms in total. The van der Waals surface area contributed by atoms with E-state index in [0.717, 1.165) is 11.1 Å². The predicted octanol–water partition coefficient (Wildman–Crippen LogP) is 5.26. The van der Waals surface area contributed by atoms with Crippen molar-refractivity contribution >= 4 is 23.2 Å². The molecule has 0 bridgehead atoms. The van der Waals surface area contributed by atoms with Gasteiger partial charge in [0.15, 0.2) is 0 Å². The van der Waals surface area contributed by atoms with Crippen LogP contribution in [0.3, 0.4) is 0 Å². The molecule has 0 fully saturated rings. The molecule has 2 N–H and O–H groups in total. The van der Waals surface area contributed by atoms with Gasteiger partial charge in [-0.3, -0.25) is 14.6 Å². The Kier molecular flexibility index (Phi) is 6.22. The van der Waals surface area contributed by atoms with Crippen LogP contribution in [0.5, 0.6) is 5.75 Å². The maximum Gasteiger partial charge on any atom is 0.259 e. The molecule has 32 heavy (non-hydrogen) atoms. The number of nitrogens with one attached hydrogen (secondary N) is 2. The molecule has 0 aliphatic carbocycles. The summed E-state index contributed by atoms with van der Waals surface area (Å²) in [6.07, 6.45) is 3.16. The van der Waals surface area contributed by atoms with Crippen LogP contribution in [-0.4, -0.2) is 23.9 Å². The van der Waals surface area contributed by atoms with Crippen molar-refractivity contribution in [2.24, 2.45) is 0 Å². The number of rotatable bonds is 6. The van der Waals surface area contributed by atoms with E-state index in [1.165, 1.54) is 13.2 Å². The quantitative estimate of drug-likeness (QED) is 0.443. The topological polar surface area (TPSA) is 80.3 Å². The summed E-state index contributed by atoms with van der Waals surface area (Å²) < 4.78 is 5.30. The molecule has 0 saturated heterocycles. The van der Waals surface area contributed by atoms with Crippen molar-refractivity contribution in [2.45, 2.75) is 0 Å². The third-order valence-electron chi connectivity index (χ3n) is 4.88. The lowest BCUT2D eigenvalue weighted by Gasteiger charge is -2.12. The van der Waals surface area contributed by atoms with Crippen molar-refractivity contribution in [3.63, 3.8) is 0 Å². The van der Waals surface area contributed by atoms with Gasteiger partial charge in [-0.1, -0.05) is 42.5 Å². The highest BCUT2D eigenvalue weighted by molar-refractivity contribution is 6.10. The average molecular weight is 423 g/mol. The number of carbonyl (C=O) groups is 2. The van der Waals surface area contributed by atoms with E-state index >= 15 is 0 Å². The van der Waals surface area contributed by atoms with Crippen LogP contribution >= 0.6 is 0 Å². The first-order chi connectivity index (χ1) is 15.6. The van der Waals surface area contributed by atoms with Crippen LogP contribution in [0.1, 0.15) is 20.7 Å². The van der Waals surface area contributed by atoms with Crippen molar-refractivity contribution in [1.82, 2.24) is 4.98 Å². The van der Waals surface area contributed by atoms with Crippen LogP contribution < -0.4 is 15.4 Å². The lowest BCUT2D eigenvalue weighted by atomic mass is 10.1. The summed E-state index contributed by atoms with van der Waals surface area (Å²) in [6.45, 7) is 0. The fourth-order valence-electron chi connectivity index (χ4n) is 3.24. The van der Waals surface area contributed by atoms with Crippen LogP contribution in [0.15, 0.2) is 97.3 Å². The van der Waals surface area contributed by atoms with E-state index in [1.807, 2.05) is 54.6 Å².